The summed E-state index contributed by atoms with van der Waals surface area (Å²) in [7, 11) is 2.10. The summed E-state index contributed by atoms with van der Waals surface area (Å²) in [5.74, 6) is 1.68. The molecule has 1 aromatic carbocycles. The molecule has 1 fully saturated rings. The molecule has 3 rings (SSSR count). The average molecular weight is 278 g/mol. The number of nitrogens with one attached hydrogen (secondary N) is 1. The van der Waals surface area contributed by atoms with Crippen LogP contribution < -0.4 is 14.8 Å². The van der Waals surface area contributed by atoms with Crippen molar-refractivity contribution >= 4 is 0 Å². The van der Waals surface area contributed by atoms with Gasteiger partial charge in [-0.3, -0.25) is 4.90 Å². The molecule has 2 heterocycles. The molecule has 1 aromatic rings. The molecular formula is C15H22N2O3. The van der Waals surface area contributed by atoms with Crippen LogP contribution in [0.1, 0.15) is 0 Å². The number of hydrogen-bond donors (Lipinski definition) is 1. The highest BCUT2D eigenvalue weighted by atomic mass is 16.6. The Morgan fingerprint density at radius 1 is 1.20 bits per heavy atom. The minimum atomic E-state index is 0.0754. The van der Waals surface area contributed by atoms with E-state index in [1.807, 2.05) is 24.3 Å². The number of para-hydroxylation sites is 2. The molecule has 2 unspecified atom stereocenters. The third kappa shape index (κ3) is 3.42. The van der Waals surface area contributed by atoms with Crippen LogP contribution in [0.4, 0.5) is 0 Å². The number of benzene rings is 1. The first-order valence-electron chi connectivity index (χ1n) is 7.20. The van der Waals surface area contributed by atoms with Crippen LogP contribution in [0.25, 0.3) is 0 Å². The first-order valence-corrected chi connectivity index (χ1v) is 7.20. The van der Waals surface area contributed by atoms with E-state index in [0.29, 0.717) is 6.61 Å². The molecule has 0 aliphatic carbocycles. The van der Waals surface area contributed by atoms with Crippen molar-refractivity contribution in [2.45, 2.75) is 12.2 Å². The minimum absolute atomic E-state index is 0.0754. The summed E-state index contributed by atoms with van der Waals surface area (Å²) < 4.78 is 17.4. The van der Waals surface area contributed by atoms with Crippen molar-refractivity contribution in [1.82, 2.24) is 10.2 Å². The molecular weight excluding hydrogens is 256 g/mol. The number of rotatable bonds is 4. The van der Waals surface area contributed by atoms with E-state index in [4.69, 9.17) is 14.2 Å². The third-order valence-corrected chi connectivity index (χ3v) is 3.60. The van der Waals surface area contributed by atoms with Gasteiger partial charge in [-0.1, -0.05) is 12.1 Å². The van der Waals surface area contributed by atoms with Gasteiger partial charge in [0.1, 0.15) is 12.7 Å². The highest BCUT2D eigenvalue weighted by molar-refractivity contribution is 5.40. The maximum Gasteiger partial charge on any atom is 0.161 e. The maximum atomic E-state index is 5.97. The Morgan fingerprint density at radius 2 is 2.00 bits per heavy atom. The predicted molar refractivity (Wildman–Crippen MR) is 76.5 cm³/mol. The van der Waals surface area contributed by atoms with E-state index in [2.05, 4.69) is 17.3 Å². The van der Waals surface area contributed by atoms with Gasteiger partial charge in [-0.15, -0.1) is 0 Å². The molecule has 20 heavy (non-hydrogen) atoms. The molecule has 2 aliphatic rings. The highest BCUT2D eigenvalue weighted by Crippen LogP contribution is 2.30. The number of fused-ring (bicyclic) bond motifs is 1. The fraction of sp³-hybridized carbons (Fsp3) is 0.600. The standard InChI is InChI=1S/C15H22N2O3/c1-17(9-12-8-16-6-7-18-12)10-13-11-19-14-4-2-3-5-15(14)20-13/h2-5,12-13,16H,6-11H2,1H3. The molecule has 0 spiro atoms. The van der Waals surface area contributed by atoms with Gasteiger partial charge in [0, 0.05) is 26.2 Å². The minimum Gasteiger partial charge on any atom is -0.486 e. The maximum absolute atomic E-state index is 5.97. The summed E-state index contributed by atoms with van der Waals surface area (Å²) in [6, 6.07) is 7.82. The van der Waals surface area contributed by atoms with Crippen molar-refractivity contribution in [1.29, 1.82) is 0 Å². The topological polar surface area (TPSA) is 43.0 Å². The van der Waals surface area contributed by atoms with E-state index in [9.17, 15) is 0 Å². The van der Waals surface area contributed by atoms with Crippen molar-refractivity contribution in [2.24, 2.45) is 0 Å². The Bertz CT molecular complexity index is 435. The Hall–Kier alpha value is -1.30. The summed E-state index contributed by atoms with van der Waals surface area (Å²) in [4.78, 5) is 2.25. The second-order valence-corrected chi connectivity index (χ2v) is 5.42. The van der Waals surface area contributed by atoms with Crippen LogP contribution in [0.3, 0.4) is 0 Å². The molecule has 1 saturated heterocycles. The van der Waals surface area contributed by atoms with Gasteiger partial charge in [-0.25, -0.2) is 0 Å². The van der Waals surface area contributed by atoms with Crippen molar-refractivity contribution in [3.05, 3.63) is 24.3 Å². The molecule has 0 bridgehead atoms. The number of ether oxygens (including phenoxy) is 3. The molecule has 0 saturated carbocycles. The van der Waals surface area contributed by atoms with Crippen LogP contribution in [0.15, 0.2) is 24.3 Å². The van der Waals surface area contributed by atoms with Crippen LogP contribution in [0.5, 0.6) is 11.5 Å². The normalized spacial score (nSPS) is 25.7. The van der Waals surface area contributed by atoms with Crippen molar-refractivity contribution in [3.8, 4) is 11.5 Å². The average Bonchev–Trinajstić information content (AvgIpc) is 2.48. The van der Waals surface area contributed by atoms with E-state index >= 15 is 0 Å². The van der Waals surface area contributed by atoms with E-state index in [-0.39, 0.29) is 12.2 Å². The molecule has 5 nitrogen and oxygen atoms in total. The van der Waals surface area contributed by atoms with Gasteiger partial charge in [-0.2, -0.15) is 0 Å². The van der Waals surface area contributed by atoms with Crippen LogP contribution in [-0.2, 0) is 4.74 Å². The largest absolute Gasteiger partial charge is 0.486 e. The molecule has 110 valence electrons. The van der Waals surface area contributed by atoms with Crippen LogP contribution in [0.2, 0.25) is 0 Å². The van der Waals surface area contributed by atoms with Gasteiger partial charge in [0.05, 0.1) is 12.7 Å². The lowest BCUT2D eigenvalue weighted by Crippen LogP contribution is -2.47. The quantitative estimate of drug-likeness (QED) is 0.880. The second-order valence-electron chi connectivity index (χ2n) is 5.42. The molecule has 2 atom stereocenters. The van der Waals surface area contributed by atoms with Crippen molar-refractivity contribution in [3.63, 3.8) is 0 Å². The Balaban J connectivity index is 1.48. The van der Waals surface area contributed by atoms with Gasteiger partial charge in [0.2, 0.25) is 0 Å². The Kier molecular flexibility index (Phi) is 4.40. The predicted octanol–water partition coefficient (Wildman–Crippen LogP) is 0.747. The fourth-order valence-electron chi connectivity index (χ4n) is 2.66. The lowest BCUT2D eigenvalue weighted by Gasteiger charge is -2.32. The van der Waals surface area contributed by atoms with Gasteiger partial charge in [0.15, 0.2) is 11.5 Å². The van der Waals surface area contributed by atoms with Gasteiger partial charge in [-0.05, 0) is 19.2 Å². The van der Waals surface area contributed by atoms with E-state index in [0.717, 1.165) is 44.3 Å². The summed E-state index contributed by atoms with van der Waals surface area (Å²) in [5, 5.41) is 3.35. The third-order valence-electron chi connectivity index (χ3n) is 3.60. The Morgan fingerprint density at radius 3 is 2.80 bits per heavy atom. The highest BCUT2D eigenvalue weighted by Gasteiger charge is 2.23. The molecule has 0 amide bonds. The molecule has 1 N–H and O–H groups in total. The number of nitrogens with zero attached hydrogens (tertiary/aromatic N) is 1. The molecule has 0 aromatic heterocycles. The zero-order chi connectivity index (χ0) is 13.8. The SMILES string of the molecule is CN(CC1CNCCO1)CC1COc2ccccc2O1. The number of likely N-dealkylation sites (N-methyl/N-ethyl adjacent to an activating group) is 1. The van der Waals surface area contributed by atoms with Gasteiger partial charge < -0.3 is 19.5 Å². The van der Waals surface area contributed by atoms with Gasteiger partial charge >= 0.3 is 0 Å². The monoisotopic (exact) mass is 278 g/mol. The molecule has 0 radical (unpaired) electrons. The summed E-state index contributed by atoms with van der Waals surface area (Å²) in [6.45, 7) is 5.04. The van der Waals surface area contributed by atoms with Gasteiger partial charge in [0.25, 0.3) is 0 Å². The summed E-state index contributed by atoms with van der Waals surface area (Å²) in [5.41, 5.74) is 0. The summed E-state index contributed by atoms with van der Waals surface area (Å²) in [6.07, 6.45) is 0.344. The first kappa shape index (κ1) is 13.7. The first-order chi connectivity index (χ1) is 9.81. The van der Waals surface area contributed by atoms with E-state index < -0.39 is 0 Å². The zero-order valence-electron chi connectivity index (χ0n) is 11.9. The second kappa shape index (κ2) is 6.43. The zero-order valence-corrected chi connectivity index (χ0v) is 11.9. The van der Waals surface area contributed by atoms with Crippen molar-refractivity contribution in [2.75, 3.05) is 46.4 Å². The van der Waals surface area contributed by atoms with E-state index in [1.165, 1.54) is 0 Å². The Labute approximate surface area is 119 Å². The smallest absolute Gasteiger partial charge is 0.161 e. The lowest BCUT2D eigenvalue weighted by atomic mass is 10.2. The summed E-state index contributed by atoms with van der Waals surface area (Å²) >= 11 is 0. The number of hydrogen-bond acceptors (Lipinski definition) is 5. The van der Waals surface area contributed by atoms with E-state index in [1.54, 1.807) is 0 Å². The molecule has 2 aliphatic heterocycles. The van der Waals surface area contributed by atoms with Crippen LogP contribution in [0, 0.1) is 0 Å². The van der Waals surface area contributed by atoms with Crippen molar-refractivity contribution < 1.29 is 14.2 Å². The fourth-order valence-corrected chi connectivity index (χ4v) is 2.66. The number of morpholine rings is 1. The van der Waals surface area contributed by atoms with Crippen LogP contribution >= 0.6 is 0 Å². The lowest BCUT2D eigenvalue weighted by molar-refractivity contribution is -0.00175. The molecule has 5 heteroatoms. The van der Waals surface area contributed by atoms with Crippen LogP contribution in [-0.4, -0.2) is 63.5 Å².